The van der Waals surface area contributed by atoms with E-state index >= 15 is 0 Å². The topological polar surface area (TPSA) is 108 Å². The van der Waals surface area contributed by atoms with Gasteiger partial charge in [0, 0.05) is 23.8 Å². The lowest BCUT2D eigenvalue weighted by Crippen LogP contribution is -2.18. The first kappa shape index (κ1) is 20.7. The molecule has 2 rings (SSSR count). The van der Waals surface area contributed by atoms with Crippen LogP contribution in [-0.2, 0) is 9.59 Å². The lowest BCUT2D eigenvalue weighted by Gasteiger charge is -2.22. The van der Waals surface area contributed by atoms with E-state index in [-0.39, 0.29) is 35.5 Å². The Morgan fingerprint density at radius 1 is 1.11 bits per heavy atom. The highest BCUT2D eigenvalue weighted by atomic mass is 16.4. The Labute approximate surface area is 157 Å². The normalized spacial score (nSPS) is 12.2. The number of rotatable bonds is 11. The predicted octanol–water partition coefficient (Wildman–Crippen LogP) is 3.74. The third-order valence-electron chi connectivity index (χ3n) is 4.68. The number of ketones is 1. The highest BCUT2D eigenvalue weighted by Gasteiger charge is 2.20. The fourth-order valence-electron chi connectivity index (χ4n) is 3.38. The summed E-state index contributed by atoms with van der Waals surface area (Å²) in [6.45, 7) is 1.45. The first-order valence-corrected chi connectivity index (χ1v) is 9.34. The van der Waals surface area contributed by atoms with Crippen molar-refractivity contribution in [1.82, 2.24) is 0 Å². The van der Waals surface area contributed by atoms with Crippen molar-refractivity contribution in [1.29, 1.82) is 0 Å². The molecule has 27 heavy (non-hydrogen) atoms. The average molecular weight is 373 g/mol. The van der Waals surface area contributed by atoms with Crippen LogP contribution in [0.15, 0.2) is 33.5 Å². The number of carbonyl (C=O) groups excluding carboxylic acids is 1. The van der Waals surface area contributed by atoms with Gasteiger partial charge in [0.25, 0.3) is 0 Å². The third-order valence-corrected chi connectivity index (χ3v) is 4.68. The first-order valence-electron chi connectivity index (χ1n) is 9.34. The Kier molecular flexibility index (Phi) is 7.58. The number of Topliss-reactive ketones (excluding diaryl/α,β-unsaturated/α-hetero) is 1. The minimum Gasteiger partial charge on any atom is -0.872 e. The fraction of sp³-hybridized carbons (Fsp3) is 0.476. The van der Waals surface area contributed by atoms with Crippen molar-refractivity contribution in [2.75, 3.05) is 0 Å². The number of carboxylic acid groups (broad SMARTS) is 1. The number of fused-ring (bicyclic) bond motifs is 1. The van der Waals surface area contributed by atoms with Gasteiger partial charge in [0.05, 0.1) is 0 Å². The van der Waals surface area contributed by atoms with Crippen LogP contribution in [0.5, 0.6) is 5.75 Å². The molecule has 2 aromatic rings. The van der Waals surface area contributed by atoms with Crippen LogP contribution in [0.3, 0.4) is 0 Å². The predicted molar refractivity (Wildman–Crippen MR) is 99.9 cm³/mol. The summed E-state index contributed by atoms with van der Waals surface area (Å²) in [5.74, 6) is -1.67. The van der Waals surface area contributed by atoms with E-state index in [1.165, 1.54) is 6.92 Å². The van der Waals surface area contributed by atoms with Crippen molar-refractivity contribution < 1.29 is 24.2 Å². The first-order chi connectivity index (χ1) is 12.9. The molecule has 0 saturated carbocycles. The summed E-state index contributed by atoms with van der Waals surface area (Å²) in [5, 5.41) is 21.8. The summed E-state index contributed by atoms with van der Waals surface area (Å²) in [5.41, 5.74) is -0.336. The van der Waals surface area contributed by atoms with Crippen molar-refractivity contribution in [2.45, 2.75) is 64.2 Å². The van der Waals surface area contributed by atoms with E-state index in [4.69, 9.17) is 9.52 Å². The second-order valence-corrected chi connectivity index (χ2v) is 6.93. The van der Waals surface area contributed by atoms with Crippen LogP contribution in [0.2, 0.25) is 0 Å². The Morgan fingerprint density at radius 2 is 1.78 bits per heavy atom. The van der Waals surface area contributed by atoms with E-state index < -0.39 is 17.5 Å². The van der Waals surface area contributed by atoms with Gasteiger partial charge >= 0.3 is 11.6 Å². The molecule has 0 aliphatic carbocycles. The van der Waals surface area contributed by atoms with E-state index in [1.54, 1.807) is 24.3 Å². The molecule has 1 N–H and O–H groups in total. The molecule has 146 valence electrons. The highest BCUT2D eigenvalue weighted by Crippen LogP contribution is 2.33. The second-order valence-electron chi connectivity index (χ2n) is 6.93. The lowest BCUT2D eigenvalue weighted by atomic mass is 9.88. The van der Waals surface area contributed by atoms with Crippen molar-refractivity contribution in [2.24, 2.45) is 0 Å². The van der Waals surface area contributed by atoms with Crippen LogP contribution >= 0.6 is 0 Å². The lowest BCUT2D eigenvalue weighted by molar-refractivity contribution is -0.267. The van der Waals surface area contributed by atoms with Gasteiger partial charge in [-0.15, -0.1) is 0 Å². The number of benzene rings is 1. The van der Waals surface area contributed by atoms with Gasteiger partial charge in [-0.2, -0.15) is 0 Å². The van der Waals surface area contributed by atoms with Crippen LogP contribution in [0.25, 0.3) is 11.0 Å². The molecular formula is C21H25O6-. The smallest absolute Gasteiger partial charge is 0.339 e. The quantitative estimate of drug-likeness (QED) is 0.475. The maximum atomic E-state index is 12.8. The molecule has 6 nitrogen and oxygen atoms in total. The minimum atomic E-state index is -0.789. The standard InChI is InChI=1S/C21H26O6/c1-14(22)13-15(9-5-3-2-4-6-12-18(23)24)19-20(25)16-10-7-8-11-17(16)27-21(19)26/h7-8,10-11,15,25H,2-6,9,12-13H2,1H3,(H,23,24)/p-1. The molecule has 1 unspecified atom stereocenters. The molecule has 6 heteroatoms. The molecule has 1 aromatic heterocycles. The van der Waals surface area contributed by atoms with Gasteiger partial charge in [-0.1, -0.05) is 49.6 Å². The summed E-state index contributed by atoms with van der Waals surface area (Å²) in [6, 6.07) is 6.61. The van der Waals surface area contributed by atoms with Crippen molar-refractivity contribution in [3.63, 3.8) is 0 Å². The number of aliphatic carboxylic acids is 1. The zero-order valence-electron chi connectivity index (χ0n) is 15.5. The molecule has 0 saturated heterocycles. The molecule has 0 radical (unpaired) electrons. The Hall–Kier alpha value is -2.63. The van der Waals surface area contributed by atoms with Gasteiger partial charge in [0.1, 0.15) is 11.4 Å². The maximum absolute atomic E-state index is 12.8. The number of hydrogen-bond acceptors (Lipinski definition) is 5. The summed E-state index contributed by atoms with van der Waals surface area (Å²) < 4.78 is 5.30. The van der Waals surface area contributed by atoms with Gasteiger partial charge < -0.3 is 19.4 Å². The van der Waals surface area contributed by atoms with Crippen LogP contribution in [0.4, 0.5) is 0 Å². The molecule has 1 aromatic carbocycles. The monoisotopic (exact) mass is 373 g/mol. The summed E-state index contributed by atoms with van der Waals surface area (Å²) >= 11 is 0. The molecule has 0 amide bonds. The number of carbonyl (C=O) groups is 2. The van der Waals surface area contributed by atoms with E-state index in [2.05, 4.69) is 0 Å². The molecule has 1 heterocycles. The Bertz CT molecular complexity index is 851. The maximum Gasteiger partial charge on any atom is 0.339 e. The summed E-state index contributed by atoms with van der Waals surface area (Å²) in [7, 11) is 0. The average Bonchev–Trinajstić information content (AvgIpc) is 2.60. The number of carboxylic acids is 1. The van der Waals surface area contributed by atoms with E-state index in [0.29, 0.717) is 18.2 Å². The Balaban J connectivity index is 2.08. The number of hydrogen-bond donors (Lipinski definition) is 1. The van der Waals surface area contributed by atoms with E-state index in [1.807, 2.05) is 0 Å². The van der Waals surface area contributed by atoms with E-state index in [9.17, 15) is 19.5 Å². The van der Waals surface area contributed by atoms with Gasteiger partial charge in [-0.25, -0.2) is 4.79 Å². The van der Waals surface area contributed by atoms with Crippen molar-refractivity contribution >= 4 is 22.7 Å². The number of unbranched alkanes of at least 4 members (excludes halogenated alkanes) is 4. The van der Waals surface area contributed by atoms with Crippen molar-refractivity contribution in [3.05, 3.63) is 40.2 Å². The Morgan fingerprint density at radius 3 is 2.48 bits per heavy atom. The SMILES string of the molecule is CC(=O)CC(CCCCCCCC(=O)O)c1c([O-])c2ccccc2oc1=O. The van der Waals surface area contributed by atoms with Gasteiger partial charge in [-0.3, -0.25) is 4.79 Å². The van der Waals surface area contributed by atoms with Gasteiger partial charge in [0.15, 0.2) is 0 Å². The van der Waals surface area contributed by atoms with Gasteiger partial charge in [0.2, 0.25) is 0 Å². The van der Waals surface area contributed by atoms with Crippen LogP contribution in [-0.4, -0.2) is 16.9 Å². The molecule has 0 aliphatic heterocycles. The van der Waals surface area contributed by atoms with Crippen LogP contribution < -0.4 is 10.7 Å². The third kappa shape index (κ3) is 5.94. The zero-order chi connectivity index (χ0) is 19.8. The van der Waals surface area contributed by atoms with Crippen molar-refractivity contribution in [3.8, 4) is 5.75 Å². The van der Waals surface area contributed by atoms with Gasteiger partial charge in [-0.05, 0) is 31.7 Å². The summed E-state index contributed by atoms with van der Waals surface area (Å²) in [4.78, 5) is 34.5. The molecular weight excluding hydrogens is 348 g/mol. The van der Waals surface area contributed by atoms with E-state index in [0.717, 1.165) is 25.7 Å². The molecule has 1 atom stereocenters. The minimum absolute atomic E-state index is 0.0646. The highest BCUT2D eigenvalue weighted by molar-refractivity contribution is 5.84. The second kappa shape index (κ2) is 9.90. The molecule has 0 spiro atoms. The zero-order valence-corrected chi connectivity index (χ0v) is 15.5. The molecule has 0 aliphatic rings. The largest absolute Gasteiger partial charge is 0.872 e. The fourth-order valence-corrected chi connectivity index (χ4v) is 3.38. The molecule has 0 bridgehead atoms. The van der Waals surface area contributed by atoms with Crippen LogP contribution in [0.1, 0.15) is 69.8 Å². The molecule has 0 fully saturated rings. The summed E-state index contributed by atoms with van der Waals surface area (Å²) in [6.07, 6.45) is 4.84. The van der Waals surface area contributed by atoms with Crippen LogP contribution in [0, 0.1) is 0 Å². The number of para-hydroxylation sites is 1.